The van der Waals surface area contributed by atoms with Crippen molar-refractivity contribution in [1.82, 2.24) is 15.5 Å². The Morgan fingerprint density at radius 1 is 1.23 bits per heavy atom. The Hall–Kier alpha value is -2.35. The van der Waals surface area contributed by atoms with E-state index in [9.17, 15) is 9.18 Å². The standard InChI is InChI=1S/C22H34FN5O2/c1-3-25-22(28-8-6-17(7-9-28)15-21(29)24-2)26-16-18-4-5-20(19(23)14-18)27-10-12-30-13-11-27/h4-5,14,17H,3,6-13,15-16H2,1-2H3,(H,24,29)(H,25,26). The number of guanidine groups is 1. The lowest BCUT2D eigenvalue weighted by Crippen LogP contribution is -2.46. The molecule has 2 aliphatic rings. The highest BCUT2D eigenvalue weighted by atomic mass is 19.1. The van der Waals surface area contributed by atoms with Gasteiger partial charge in [0.05, 0.1) is 25.4 Å². The number of halogens is 1. The number of rotatable bonds is 6. The van der Waals surface area contributed by atoms with Gasteiger partial charge in [-0.3, -0.25) is 4.79 Å². The zero-order chi connectivity index (χ0) is 21.3. The molecule has 8 heteroatoms. The molecule has 0 spiro atoms. The fourth-order valence-corrected chi connectivity index (χ4v) is 4.01. The molecule has 0 bridgehead atoms. The Bertz CT molecular complexity index is 728. The number of benzene rings is 1. The normalized spacial score (nSPS) is 18.4. The van der Waals surface area contributed by atoms with E-state index in [1.54, 1.807) is 13.1 Å². The Balaban J connectivity index is 1.59. The number of ether oxygens (including phenoxy) is 1. The van der Waals surface area contributed by atoms with Crippen LogP contribution in [0.15, 0.2) is 23.2 Å². The largest absolute Gasteiger partial charge is 0.378 e. The van der Waals surface area contributed by atoms with E-state index < -0.39 is 0 Å². The van der Waals surface area contributed by atoms with Gasteiger partial charge in [-0.25, -0.2) is 9.38 Å². The average molecular weight is 420 g/mol. The summed E-state index contributed by atoms with van der Waals surface area (Å²) >= 11 is 0. The van der Waals surface area contributed by atoms with E-state index in [1.807, 2.05) is 24.0 Å². The second-order valence-electron chi connectivity index (χ2n) is 7.86. The van der Waals surface area contributed by atoms with Crippen molar-refractivity contribution in [2.24, 2.45) is 10.9 Å². The quantitative estimate of drug-likeness (QED) is 0.545. The van der Waals surface area contributed by atoms with Crippen LogP contribution in [0.1, 0.15) is 31.7 Å². The second-order valence-corrected chi connectivity index (χ2v) is 7.86. The minimum absolute atomic E-state index is 0.108. The van der Waals surface area contributed by atoms with Crippen molar-refractivity contribution in [3.8, 4) is 0 Å². The summed E-state index contributed by atoms with van der Waals surface area (Å²) in [7, 11) is 1.68. The molecule has 2 fully saturated rings. The zero-order valence-corrected chi connectivity index (χ0v) is 18.1. The second kappa shape index (κ2) is 11.2. The Morgan fingerprint density at radius 2 is 1.97 bits per heavy atom. The molecule has 3 rings (SSSR count). The van der Waals surface area contributed by atoms with E-state index in [0.29, 0.717) is 37.8 Å². The molecule has 0 aromatic heterocycles. The van der Waals surface area contributed by atoms with Crippen molar-refractivity contribution in [2.45, 2.75) is 32.7 Å². The number of anilines is 1. The number of carbonyl (C=O) groups is 1. The molecule has 0 saturated carbocycles. The van der Waals surface area contributed by atoms with E-state index in [2.05, 4.69) is 15.5 Å². The third-order valence-electron chi connectivity index (χ3n) is 5.78. The third-order valence-corrected chi connectivity index (χ3v) is 5.78. The lowest BCUT2D eigenvalue weighted by Gasteiger charge is -2.34. The summed E-state index contributed by atoms with van der Waals surface area (Å²) in [6.45, 7) is 7.71. The zero-order valence-electron chi connectivity index (χ0n) is 18.1. The van der Waals surface area contributed by atoms with Gasteiger partial charge in [-0.2, -0.15) is 0 Å². The number of nitrogens with zero attached hydrogens (tertiary/aromatic N) is 3. The molecule has 30 heavy (non-hydrogen) atoms. The molecule has 2 saturated heterocycles. The smallest absolute Gasteiger partial charge is 0.220 e. The maximum atomic E-state index is 14.6. The van der Waals surface area contributed by atoms with Crippen LogP contribution < -0.4 is 15.5 Å². The maximum absolute atomic E-state index is 14.6. The van der Waals surface area contributed by atoms with Gasteiger partial charge in [0.15, 0.2) is 5.96 Å². The average Bonchev–Trinajstić information content (AvgIpc) is 2.78. The predicted octanol–water partition coefficient (Wildman–Crippen LogP) is 1.98. The Labute approximate surface area is 178 Å². The van der Waals surface area contributed by atoms with Crippen LogP contribution in [-0.4, -0.2) is 69.8 Å². The first kappa shape index (κ1) is 22.3. The van der Waals surface area contributed by atoms with E-state index >= 15 is 0 Å². The van der Waals surface area contributed by atoms with Gasteiger partial charge in [0.1, 0.15) is 5.82 Å². The summed E-state index contributed by atoms with van der Waals surface area (Å²) in [5, 5.41) is 6.05. The van der Waals surface area contributed by atoms with Crippen molar-refractivity contribution in [3.05, 3.63) is 29.6 Å². The highest BCUT2D eigenvalue weighted by Crippen LogP contribution is 2.23. The van der Waals surface area contributed by atoms with E-state index in [1.165, 1.54) is 0 Å². The van der Waals surface area contributed by atoms with Crippen LogP contribution in [0, 0.1) is 11.7 Å². The van der Waals surface area contributed by atoms with Gasteiger partial charge < -0.3 is 25.2 Å². The SMILES string of the molecule is CCNC(=NCc1ccc(N2CCOCC2)c(F)c1)N1CCC(CC(=O)NC)CC1. The van der Waals surface area contributed by atoms with Crippen LogP contribution in [0.25, 0.3) is 0 Å². The predicted molar refractivity (Wildman–Crippen MR) is 117 cm³/mol. The monoisotopic (exact) mass is 419 g/mol. The van der Waals surface area contributed by atoms with Crippen molar-refractivity contribution < 1.29 is 13.9 Å². The van der Waals surface area contributed by atoms with Gasteiger partial charge in [0.25, 0.3) is 0 Å². The van der Waals surface area contributed by atoms with Crippen molar-refractivity contribution in [2.75, 3.05) is 57.9 Å². The molecule has 0 aliphatic carbocycles. The summed E-state index contributed by atoms with van der Waals surface area (Å²) in [6, 6.07) is 5.40. The summed E-state index contributed by atoms with van der Waals surface area (Å²) < 4.78 is 20.0. The molecule has 2 N–H and O–H groups in total. The molecule has 1 amide bonds. The number of amides is 1. The van der Waals surface area contributed by atoms with Crippen molar-refractivity contribution in [3.63, 3.8) is 0 Å². The van der Waals surface area contributed by atoms with Crippen LogP contribution in [0.5, 0.6) is 0 Å². The maximum Gasteiger partial charge on any atom is 0.220 e. The van der Waals surface area contributed by atoms with Gasteiger partial charge in [-0.1, -0.05) is 6.07 Å². The third kappa shape index (κ3) is 6.08. The van der Waals surface area contributed by atoms with Gasteiger partial charge in [-0.15, -0.1) is 0 Å². The number of carbonyl (C=O) groups excluding carboxylic acids is 1. The Morgan fingerprint density at radius 3 is 2.60 bits per heavy atom. The molecule has 2 aliphatic heterocycles. The lowest BCUT2D eigenvalue weighted by molar-refractivity contribution is -0.121. The molecular weight excluding hydrogens is 385 g/mol. The molecule has 0 unspecified atom stereocenters. The molecule has 7 nitrogen and oxygen atoms in total. The number of nitrogens with one attached hydrogen (secondary N) is 2. The fraction of sp³-hybridized carbons (Fsp3) is 0.636. The van der Waals surface area contributed by atoms with Crippen molar-refractivity contribution in [1.29, 1.82) is 0 Å². The van der Waals surface area contributed by atoms with E-state index in [0.717, 1.165) is 57.1 Å². The first-order chi connectivity index (χ1) is 14.6. The molecule has 0 atom stereocenters. The van der Waals surface area contributed by atoms with Gasteiger partial charge in [-0.05, 0) is 43.4 Å². The fourth-order valence-electron chi connectivity index (χ4n) is 4.01. The van der Waals surface area contributed by atoms with Gasteiger partial charge >= 0.3 is 0 Å². The first-order valence-corrected chi connectivity index (χ1v) is 11.0. The van der Waals surface area contributed by atoms with Crippen LogP contribution in [0.2, 0.25) is 0 Å². The number of likely N-dealkylation sites (tertiary alicyclic amines) is 1. The summed E-state index contributed by atoms with van der Waals surface area (Å²) in [4.78, 5) is 20.6. The minimum atomic E-state index is -0.204. The molecule has 1 aromatic carbocycles. The molecule has 1 aromatic rings. The molecule has 0 radical (unpaired) electrons. The molecule has 2 heterocycles. The minimum Gasteiger partial charge on any atom is -0.378 e. The highest BCUT2D eigenvalue weighted by molar-refractivity contribution is 5.80. The van der Waals surface area contributed by atoms with E-state index in [4.69, 9.17) is 9.73 Å². The van der Waals surface area contributed by atoms with Gasteiger partial charge in [0.2, 0.25) is 5.91 Å². The number of piperidine rings is 1. The number of hydrogen-bond acceptors (Lipinski definition) is 4. The summed E-state index contributed by atoms with van der Waals surface area (Å²) in [6.07, 6.45) is 2.54. The van der Waals surface area contributed by atoms with Crippen LogP contribution >= 0.6 is 0 Å². The number of morpholine rings is 1. The van der Waals surface area contributed by atoms with Crippen LogP contribution in [-0.2, 0) is 16.1 Å². The summed E-state index contributed by atoms with van der Waals surface area (Å²) in [5.41, 5.74) is 1.49. The number of hydrogen-bond donors (Lipinski definition) is 2. The molecular formula is C22H34FN5O2. The topological polar surface area (TPSA) is 69.2 Å². The first-order valence-electron chi connectivity index (χ1n) is 11.0. The van der Waals surface area contributed by atoms with Gasteiger partial charge in [0, 0.05) is 46.2 Å². The number of aliphatic imine (C=N–C) groups is 1. The highest BCUT2D eigenvalue weighted by Gasteiger charge is 2.23. The van der Waals surface area contributed by atoms with Crippen LogP contribution in [0.3, 0.4) is 0 Å². The van der Waals surface area contributed by atoms with Crippen molar-refractivity contribution >= 4 is 17.6 Å². The van der Waals surface area contributed by atoms with Crippen LogP contribution in [0.4, 0.5) is 10.1 Å². The molecule has 166 valence electrons. The van der Waals surface area contributed by atoms with E-state index in [-0.39, 0.29) is 11.7 Å². The lowest BCUT2D eigenvalue weighted by atomic mass is 9.93. The summed E-state index contributed by atoms with van der Waals surface area (Å²) in [5.74, 6) is 1.18. The Kier molecular flexibility index (Phi) is 8.30.